The van der Waals surface area contributed by atoms with Crippen molar-refractivity contribution in [1.82, 2.24) is 9.97 Å². The third-order valence-corrected chi connectivity index (χ3v) is 11.9. The van der Waals surface area contributed by atoms with E-state index in [1.807, 2.05) is 28.7 Å². The zero-order valence-electron chi connectivity index (χ0n) is 26.9. The Morgan fingerprint density at radius 1 is 0.320 bits per heavy atom. The highest BCUT2D eigenvalue weighted by Crippen LogP contribution is 2.42. The predicted molar refractivity (Wildman–Crippen MR) is 215 cm³/mol. The van der Waals surface area contributed by atoms with Gasteiger partial charge in [0.1, 0.15) is 0 Å². The van der Waals surface area contributed by atoms with Gasteiger partial charge in [-0.1, -0.05) is 115 Å². The van der Waals surface area contributed by atoms with E-state index < -0.39 is 0 Å². The first-order chi connectivity index (χ1) is 24.7. The van der Waals surface area contributed by atoms with E-state index in [2.05, 4.69) is 164 Å². The first kappa shape index (κ1) is 29.0. The quantitative estimate of drug-likeness (QED) is 0.182. The zero-order valence-corrected chi connectivity index (χ0v) is 28.5. The van der Waals surface area contributed by atoms with Crippen LogP contribution in [0.15, 0.2) is 170 Å². The van der Waals surface area contributed by atoms with Crippen LogP contribution >= 0.6 is 22.7 Å². The van der Waals surface area contributed by atoms with Crippen molar-refractivity contribution in [3.8, 4) is 56.2 Å². The fourth-order valence-electron chi connectivity index (χ4n) is 7.05. The highest BCUT2D eigenvalue weighted by atomic mass is 32.1. The number of aromatic nitrogens is 2. The number of rotatable bonds is 5. The molecule has 2 nitrogen and oxygen atoms in total. The highest BCUT2D eigenvalue weighted by Gasteiger charge is 2.17. The number of hydrogen-bond donors (Lipinski definition) is 0. The molecule has 0 aliphatic carbocycles. The molecular weight excluding hydrogens is 645 g/mol. The van der Waals surface area contributed by atoms with Gasteiger partial charge in [0.15, 0.2) is 5.82 Å². The lowest BCUT2D eigenvalue weighted by molar-refractivity contribution is 1.18. The average molecular weight is 673 g/mol. The first-order valence-corrected chi connectivity index (χ1v) is 18.4. The molecule has 0 aliphatic heterocycles. The van der Waals surface area contributed by atoms with Crippen LogP contribution < -0.4 is 0 Å². The van der Waals surface area contributed by atoms with Gasteiger partial charge in [0, 0.05) is 57.0 Å². The number of nitrogens with zero attached hydrogens (tertiary/aromatic N) is 2. The van der Waals surface area contributed by atoms with Crippen LogP contribution in [0.5, 0.6) is 0 Å². The average Bonchev–Trinajstić information content (AvgIpc) is 3.76. The topological polar surface area (TPSA) is 25.8 Å². The van der Waals surface area contributed by atoms with Gasteiger partial charge in [-0.05, 0) is 76.9 Å². The van der Waals surface area contributed by atoms with E-state index in [4.69, 9.17) is 9.97 Å². The van der Waals surface area contributed by atoms with Gasteiger partial charge in [-0.2, -0.15) is 0 Å². The summed E-state index contributed by atoms with van der Waals surface area (Å²) >= 11 is 3.69. The van der Waals surface area contributed by atoms with Crippen molar-refractivity contribution in [2.45, 2.75) is 0 Å². The van der Waals surface area contributed by atoms with Crippen molar-refractivity contribution in [3.05, 3.63) is 170 Å². The number of hydrogen-bond acceptors (Lipinski definition) is 4. The molecule has 0 unspecified atom stereocenters. The number of thiophene rings is 2. The monoisotopic (exact) mass is 672 g/mol. The maximum absolute atomic E-state index is 5.33. The van der Waals surface area contributed by atoms with E-state index in [0.717, 1.165) is 39.5 Å². The maximum Gasteiger partial charge on any atom is 0.160 e. The number of fused-ring (bicyclic) bond motifs is 6. The molecule has 0 spiro atoms. The molecule has 0 N–H and O–H groups in total. The Hall–Kier alpha value is -5.94. The summed E-state index contributed by atoms with van der Waals surface area (Å²) in [7, 11) is 0. The molecule has 3 aromatic heterocycles. The summed E-state index contributed by atoms with van der Waals surface area (Å²) in [4.78, 5) is 10.5. The molecule has 10 aromatic rings. The lowest BCUT2D eigenvalue weighted by Crippen LogP contribution is -1.96. The fraction of sp³-hybridized carbons (Fsp3) is 0. The van der Waals surface area contributed by atoms with Crippen LogP contribution in [0, 0.1) is 0 Å². The van der Waals surface area contributed by atoms with E-state index in [9.17, 15) is 0 Å². The van der Waals surface area contributed by atoms with Crippen LogP contribution in [0.2, 0.25) is 0 Å². The van der Waals surface area contributed by atoms with Crippen LogP contribution in [0.25, 0.3) is 96.5 Å². The Morgan fingerprint density at radius 2 is 0.900 bits per heavy atom. The Morgan fingerprint density at radius 3 is 1.68 bits per heavy atom. The van der Waals surface area contributed by atoms with Gasteiger partial charge < -0.3 is 0 Å². The minimum absolute atomic E-state index is 0.719. The minimum atomic E-state index is 0.719. The Balaban J connectivity index is 1.21. The van der Waals surface area contributed by atoms with Crippen molar-refractivity contribution in [3.63, 3.8) is 0 Å². The lowest BCUT2D eigenvalue weighted by atomic mass is 9.94. The normalized spacial score (nSPS) is 11.6. The molecule has 234 valence electrons. The van der Waals surface area contributed by atoms with Crippen LogP contribution in [0.1, 0.15) is 0 Å². The van der Waals surface area contributed by atoms with Gasteiger partial charge in [0.25, 0.3) is 0 Å². The van der Waals surface area contributed by atoms with Crippen LogP contribution in [0.4, 0.5) is 0 Å². The van der Waals surface area contributed by atoms with Crippen LogP contribution in [-0.2, 0) is 0 Å². The molecule has 50 heavy (non-hydrogen) atoms. The van der Waals surface area contributed by atoms with E-state index in [1.165, 1.54) is 57.0 Å². The van der Waals surface area contributed by atoms with Crippen LogP contribution in [0.3, 0.4) is 0 Å². The predicted octanol–water partition coefficient (Wildman–Crippen LogP) is 13.5. The smallest absolute Gasteiger partial charge is 0.160 e. The molecule has 0 saturated heterocycles. The second kappa shape index (κ2) is 11.9. The second-order valence-electron chi connectivity index (χ2n) is 12.6. The molecule has 7 aromatic carbocycles. The van der Waals surface area contributed by atoms with Crippen molar-refractivity contribution in [2.75, 3.05) is 0 Å². The van der Waals surface area contributed by atoms with Gasteiger partial charge in [0.2, 0.25) is 0 Å². The largest absolute Gasteiger partial charge is 0.228 e. The Bertz CT molecular complexity index is 2870. The Kier molecular flexibility index (Phi) is 6.90. The molecule has 0 atom stereocenters. The van der Waals surface area contributed by atoms with Crippen LogP contribution in [-0.4, -0.2) is 9.97 Å². The summed E-state index contributed by atoms with van der Waals surface area (Å²) in [6, 6.07) is 60.8. The summed E-state index contributed by atoms with van der Waals surface area (Å²) in [6.07, 6.45) is 0. The molecule has 0 fully saturated rings. The second-order valence-corrected chi connectivity index (χ2v) is 14.7. The standard InChI is InChI=1S/C46H28N2S2/c1-3-12-29(13-4-1)32-24-33(35-18-11-19-38-36-16-7-10-21-43(36)50-45(35)38)26-34(25-32)41-28-40(30-14-5-2-6-15-30)47-46(48-41)31-22-23-44-39(27-31)37-17-8-9-20-42(37)49-44/h1-28H. The highest BCUT2D eigenvalue weighted by molar-refractivity contribution is 7.26. The molecule has 4 heteroatoms. The molecule has 0 amide bonds. The fourth-order valence-corrected chi connectivity index (χ4v) is 9.37. The molecule has 0 aliphatic rings. The number of benzene rings is 7. The summed E-state index contributed by atoms with van der Waals surface area (Å²) < 4.78 is 5.16. The van der Waals surface area contributed by atoms with Gasteiger partial charge in [-0.15, -0.1) is 22.7 Å². The molecule has 3 heterocycles. The Labute approximate surface area is 297 Å². The zero-order chi connectivity index (χ0) is 33.0. The van der Waals surface area contributed by atoms with Crippen molar-refractivity contribution in [1.29, 1.82) is 0 Å². The van der Waals surface area contributed by atoms with E-state index >= 15 is 0 Å². The van der Waals surface area contributed by atoms with Gasteiger partial charge >= 0.3 is 0 Å². The van der Waals surface area contributed by atoms with Gasteiger partial charge in [0.05, 0.1) is 11.4 Å². The molecular formula is C46H28N2S2. The van der Waals surface area contributed by atoms with Gasteiger partial charge in [-0.3, -0.25) is 0 Å². The molecule has 0 saturated carbocycles. The third-order valence-electron chi connectivity index (χ3n) is 9.48. The van der Waals surface area contributed by atoms with E-state index in [-0.39, 0.29) is 0 Å². The lowest BCUT2D eigenvalue weighted by Gasteiger charge is -2.14. The summed E-state index contributed by atoms with van der Waals surface area (Å²) in [5, 5.41) is 5.10. The minimum Gasteiger partial charge on any atom is -0.228 e. The first-order valence-electron chi connectivity index (χ1n) is 16.7. The van der Waals surface area contributed by atoms with Crippen molar-refractivity contribution < 1.29 is 0 Å². The third kappa shape index (κ3) is 5.00. The summed E-state index contributed by atoms with van der Waals surface area (Å²) in [6.45, 7) is 0. The molecule has 10 rings (SSSR count). The van der Waals surface area contributed by atoms with E-state index in [1.54, 1.807) is 0 Å². The SMILES string of the molecule is c1ccc(-c2cc(-c3cc(-c4ccccc4)nc(-c4ccc5sc6ccccc6c5c4)n3)cc(-c3cccc4c3sc3ccccc34)c2)cc1. The van der Waals surface area contributed by atoms with E-state index in [0.29, 0.717) is 0 Å². The summed E-state index contributed by atoms with van der Waals surface area (Å²) in [5.41, 5.74) is 9.66. The van der Waals surface area contributed by atoms with Crippen molar-refractivity contribution >= 4 is 63.0 Å². The maximum atomic E-state index is 5.33. The van der Waals surface area contributed by atoms with Gasteiger partial charge in [-0.25, -0.2) is 9.97 Å². The molecule has 0 bridgehead atoms. The van der Waals surface area contributed by atoms with Crippen molar-refractivity contribution in [2.24, 2.45) is 0 Å². The summed E-state index contributed by atoms with van der Waals surface area (Å²) in [5.74, 6) is 0.719. The molecule has 0 radical (unpaired) electrons.